The topological polar surface area (TPSA) is 84.5 Å². The number of benzene rings is 2. The highest BCUT2D eigenvalue weighted by Gasteiger charge is 2.33. The van der Waals surface area contributed by atoms with Gasteiger partial charge in [-0.05, 0) is 30.7 Å². The van der Waals surface area contributed by atoms with E-state index in [-0.39, 0.29) is 17.2 Å². The van der Waals surface area contributed by atoms with Crippen LogP contribution in [-0.4, -0.2) is 24.4 Å². The van der Waals surface area contributed by atoms with Gasteiger partial charge in [0.05, 0.1) is 22.5 Å². The molecular weight excluding hydrogens is 485 g/mol. The summed E-state index contributed by atoms with van der Waals surface area (Å²) in [6, 6.07) is 10.7. The average molecular weight is 521 g/mol. The van der Waals surface area contributed by atoms with Crippen molar-refractivity contribution in [3.8, 4) is 0 Å². The molecule has 0 aliphatic carbocycles. The van der Waals surface area contributed by atoms with Crippen molar-refractivity contribution in [2.75, 3.05) is 17.2 Å². The molecule has 0 heterocycles. The molecule has 202 valence electrons. The van der Waals surface area contributed by atoms with Gasteiger partial charge >= 0.3 is 12.1 Å². The van der Waals surface area contributed by atoms with Gasteiger partial charge in [0.25, 0.3) is 5.91 Å². The number of amides is 2. The Morgan fingerprint density at radius 3 is 1.92 bits per heavy atom. The van der Waals surface area contributed by atoms with Crippen molar-refractivity contribution < 1.29 is 32.3 Å². The maximum atomic E-state index is 13.1. The zero-order valence-electron chi connectivity index (χ0n) is 21.2. The Kier molecular flexibility index (Phi) is 12.7. The maximum absolute atomic E-state index is 13.1. The van der Waals surface area contributed by atoms with Gasteiger partial charge in [0.2, 0.25) is 5.91 Å². The quantitative estimate of drug-likeness (QED) is 0.190. The number of rotatable bonds is 15. The van der Waals surface area contributed by atoms with E-state index >= 15 is 0 Å². The second-order valence-electron chi connectivity index (χ2n) is 8.84. The molecule has 9 heteroatoms. The number of halogens is 3. The largest absolute Gasteiger partial charge is 0.452 e. The van der Waals surface area contributed by atoms with Crippen LogP contribution in [0.4, 0.5) is 24.5 Å². The Morgan fingerprint density at radius 1 is 0.730 bits per heavy atom. The van der Waals surface area contributed by atoms with Gasteiger partial charge in [-0.25, -0.2) is 4.79 Å². The van der Waals surface area contributed by atoms with Gasteiger partial charge in [0.1, 0.15) is 0 Å². The normalized spacial score (nSPS) is 11.1. The molecule has 2 N–H and O–H groups in total. The Balaban J connectivity index is 1.79. The van der Waals surface area contributed by atoms with Crippen molar-refractivity contribution >= 4 is 29.2 Å². The summed E-state index contributed by atoms with van der Waals surface area (Å²) >= 11 is 0. The lowest BCUT2D eigenvalue weighted by atomic mass is 10.1. The van der Waals surface area contributed by atoms with Gasteiger partial charge in [-0.15, -0.1) is 0 Å². The summed E-state index contributed by atoms with van der Waals surface area (Å²) in [7, 11) is 0. The highest BCUT2D eigenvalue weighted by atomic mass is 19.4. The minimum atomic E-state index is -4.65. The average Bonchev–Trinajstić information content (AvgIpc) is 2.86. The number of esters is 1. The molecule has 2 rings (SSSR count). The van der Waals surface area contributed by atoms with Gasteiger partial charge in [0, 0.05) is 6.42 Å². The lowest BCUT2D eigenvalue weighted by molar-refractivity contribution is -0.137. The highest BCUT2D eigenvalue weighted by molar-refractivity contribution is 6.02. The molecule has 37 heavy (non-hydrogen) atoms. The van der Waals surface area contributed by atoms with E-state index in [1.54, 1.807) is 18.2 Å². The Labute approximate surface area is 216 Å². The number of carbonyl (C=O) groups is 3. The van der Waals surface area contributed by atoms with Crippen LogP contribution >= 0.6 is 0 Å². The van der Waals surface area contributed by atoms with Crippen LogP contribution in [0.5, 0.6) is 0 Å². The monoisotopic (exact) mass is 520 g/mol. The molecule has 0 aliphatic heterocycles. The number of nitrogens with one attached hydrogen (secondary N) is 2. The number of hydrogen-bond acceptors (Lipinski definition) is 4. The first-order valence-electron chi connectivity index (χ1n) is 12.7. The van der Waals surface area contributed by atoms with Crippen LogP contribution in [0.1, 0.15) is 87.1 Å². The third-order valence-corrected chi connectivity index (χ3v) is 5.77. The number of alkyl halides is 3. The first-order chi connectivity index (χ1) is 17.7. The van der Waals surface area contributed by atoms with Crippen LogP contribution in [0.25, 0.3) is 0 Å². The van der Waals surface area contributed by atoms with Crippen LogP contribution < -0.4 is 10.6 Å². The first-order valence-corrected chi connectivity index (χ1v) is 12.7. The number of ether oxygens (including phenoxy) is 1. The Hall–Kier alpha value is -3.36. The van der Waals surface area contributed by atoms with E-state index in [4.69, 9.17) is 4.74 Å². The molecule has 0 fully saturated rings. The van der Waals surface area contributed by atoms with Crippen LogP contribution in [0.3, 0.4) is 0 Å². The third kappa shape index (κ3) is 11.1. The summed E-state index contributed by atoms with van der Waals surface area (Å²) < 4.78 is 44.3. The van der Waals surface area contributed by atoms with Gasteiger partial charge in [-0.3, -0.25) is 9.59 Å². The number of para-hydroxylation sites is 2. The fourth-order valence-electron chi connectivity index (χ4n) is 3.81. The van der Waals surface area contributed by atoms with Gasteiger partial charge in [-0.2, -0.15) is 13.2 Å². The highest BCUT2D eigenvalue weighted by Crippen LogP contribution is 2.34. The predicted molar refractivity (Wildman–Crippen MR) is 137 cm³/mol. The van der Waals surface area contributed by atoms with E-state index in [0.29, 0.717) is 6.42 Å². The Morgan fingerprint density at radius 2 is 1.27 bits per heavy atom. The summed E-state index contributed by atoms with van der Waals surface area (Å²) in [5, 5.41) is 4.82. The van der Waals surface area contributed by atoms with Crippen molar-refractivity contribution in [3.05, 3.63) is 59.7 Å². The van der Waals surface area contributed by atoms with E-state index in [1.807, 2.05) is 0 Å². The fraction of sp³-hybridized carbons (Fsp3) is 0.464. The molecule has 0 saturated carbocycles. The fourth-order valence-corrected chi connectivity index (χ4v) is 3.81. The van der Waals surface area contributed by atoms with Crippen molar-refractivity contribution in [1.29, 1.82) is 0 Å². The molecule has 0 unspecified atom stereocenters. The molecule has 0 atom stereocenters. The van der Waals surface area contributed by atoms with Crippen molar-refractivity contribution in [3.63, 3.8) is 0 Å². The third-order valence-electron chi connectivity index (χ3n) is 5.77. The van der Waals surface area contributed by atoms with Crippen molar-refractivity contribution in [2.45, 2.75) is 77.3 Å². The number of carbonyl (C=O) groups excluding carboxylic acids is 3. The lowest BCUT2D eigenvalue weighted by Crippen LogP contribution is -2.23. The van der Waals surface area contributed by atoms with Crippen LogP contribution in [0.2, 0.25) is 0 Å². The second-order valence-corrected chi connectivity index (χ2v) is 8.84. The lowest BCUT2D eigenvalue weighted by Gasteiger charge is -2.14. The van der Waals surface area contributed by atoms with Crippen molar-refractivity contribution in [2.24, 2.45) is 0 Å². The zero-order chi connectivity index (χ0) is 27.1. The number of anilines is 2. The predicted octanol–water partition coefficient (Wildman–Crippen LogP) is 7.36. The van der Waals surface area contributed by atoms with Crippen LogP contribution in [-0.2, 0) is 20.5 Å². The van der Waals surface area contributed by atoms with Crippen molar-refractivity contribution in [1.82, 2.24) is 0 Å². The van der Waals surface area contributed by atoms with E-state index < -0.39 is 35.9 Å². The molecule has 0 spiro atoms. The van der Waals surface area contributed by atoms with E-state index in [9.17, 15) is 27.6 Å². The van der Waals surface area contributed by atoms with E-state index in [0.717, 1.165) is 37.8 Å². The molecular formula is C28H35F3N2O4. The smallest absolute Gasteiger partial charge is 0.418 e. The first kappa shape index (κ1) is 29.9. The molecule has 2 aromatic rings. The van der Waals surface area contributed by atoms with Crippen LogP contribution in [0.15, 0.2) is 48.5 Å². The minimum Gasteiger partial charge on any atom is -0.452 e. The summed E-state index contributed by atoms with van der Waals surface area (Å²) in [6.45, 7) is 1.41. The van der Waals surface area contributed by atoms with E-state index in [1.165, 1.54) is 50.3 Å². The standard InChI is InChI=1S/C28H35F3N2O4/c1-2-3-4-5-6-7-8-9-10-19-25(34)32-23-17-13-11-15-21(23)27(36)37-20-26(35)33-24-18-14-12-16-22(24)28(29,30)31/h11-18H,2-10,19-20H2,1H3,(H,32,34)(H,33,35). The van der Waals surface area contributed by atoms with Gasteiger partial charge in [-0.1, -0.05) is 82.6 Å². The summed E-state index contributed by atoms with van der Waals surface area (Å²) in [5.74, 6) is -2.03. The summed E-state index contributed by atoms with van der Waals surface area (Å²) in [6.07, 6.45) is 5.87. The second kappa shape index (κ2) is 15.7. The Bertz CT molecular complexity index is 1020. The molecule has 0 aromatic heterocycles. The molecule has 0 saturated heterocycles. The minimum absolute atomic E-state index is 0.0476. The SMILES string of the molecule is CCCCCCCCCCCC(=O)Nc1ccccc1C(=O)OCC(=O)Nc1ccccc1C(F)(F)F. The maximum Gasteiger partial charge on any atom is 0.418 e. The zero-order valence-corrected chi connectivity index (χ0v) is 21.2. The molecule has 0 bridgehead atoms. The molecule has 2 amide bonds. The van der Waals surface area contributed by atoms with Gasteiger partial charge < -0.3 is 15.4 Å². The summed E-state index contributed by atoms with van der Waals surface area (Å²) in [4.78, 5) is 37.0. The summed E-state index contributed by atoms with van der Waals surface area (Å²) in [5.41, 5.74) is -1.14. The molecule has 0 radical (unpaired) electrons. The molecule has 6 nitrogen and oxygen atoms in total. The van der Waals surface area contributed by atoms with E-state index in [2.05, 4.69) is 17.6 Å². The molecule has 0 aliphatic rings. The number of hydrogen-bond donors (Lipinski definition) is 2. The van der Waals surface area contributed by atoms with Crippen LogP contribution in [0, 0.1) is 0 Å². The molecule has 2 aromatic carbocycles. The number of unbranched alkanes of at least 4 members (excludes halogenated alkanes) is 8. The van der Waals surface area contributed by atoms with Gasteiger partial charge in [0.15, 0.2) is 6.61 Å².